The van der Waals surface area contributed by atoms with Crippen molar-refractivity contribution in [3.8, 4) is 0 Å². The third kappa shape index (κ3) is 5.27. The topological polar surface area (TPSA) is 94.9 Å². The zero-order valence-corrected chi connectivity index (χ0v) is 18.6. The maximum Gasteiger partial charge on any atom is 0.254 e. The SMILES string of the molecule is COCCCn1cc(C(=O)NC2(CN(C)C(=O)C3CCC4(CCOCC4)O3)CC2)cn1. The zero-order valence-electron chi connectivity index (χ0n) is 18.6. The van der Waals surface area contributed by atoms with Crippen LogP contribution in [0.15, 0.2) is 12.4 Å². The van der Waals surface area contributed by atoms with Crippen LogP contribution in [-0.2, 0) is 25.5 Å². The Balaban J connectivity index is 1.28. The predicted molar refractivity (Wildman–Crippen MR) is 113 cm³/mol. The molecule has 1 saturated carbocycles. The van der Waals surface area contributed by atoms with Gasteiger partial charge in [0.1, 0.15) is 6.10 Å². The Morgan fingerprint density at radius 1 is 1.29 bits per heavy atom. The lowest BCUT2D eigenvalue weighted by atomic mass is 9.91. The van der Waals surface area contributed by atoms with Crippen LogP contribution in [0.3, 0.4) is 0 Å². The van der Waals surface area contributed by atoms with Crippen molar-refractivity contribution in [2.75, 3.05) is 40.5 Å². The highest BCUT2D eigenvalue weighted by molar-refractivity contribution is 5.94. The number of likely N-dealkylation sites (N-methyl/N-ethyl adjacent to an activating group) is 1. The number of aromatic nitrogens is 2. The fraction of sp³-hybridized carbons (Fsp3) is 0.773. The summed E-state index contributed by atoms with van der Waals surface area (Å²) in [6, 6.07) is 0. The fourth-order valence-electron chi connectivity index (χ4n) is 4.64. The second kappa shape index (κ2) is 9.26. The molecule has 2 saturated heterocycles. The summed E-state index contributed by atoms with van der Waals surface area (Å²) in [6.07, 6.45) is 8.92. The molecule has 0 radical (unpaired) electrons. The second-order valence-corrected chi connectivity index (χ2v) is 9.21. The first-order valence-electron chi connectivity index (χ1n) is 11.3. The Hall–Kier alpha value is -1.97. The molecule has 2 amide bonds. The number of nitrogens with one attached hydrogen (secondary N) is 1. The molecule has 2 aliphatic heterocycles. The van der Waals surface area contributed by atoms with Crippen LogP contribution in [-0.4, -0.2) is 84.3 Å². The first kappa shape index (κ1) is 22.2. The van der Waals surface area contributed by atoms with Crippen LogP contribution in [0, 0.1) is 0 Å². The molecular weight excluding hydrogens is 400 g/mol. The number of ether oxygens (including phenoxy) is 3. The minimum absolute atomic E-state index is 0.00912. The molecule has 1 N–H and O–H groups in total. The molecule has 3 aliphatic rings. The van der Waals surface area contributed by atoms with Crippen molar-refractivity contribution < 1.29 is 23.8 Å². The van der Waals surface area contributed by atoms with Crippen molar-refractivity contribution in [3.05, 3.63) is 18.0 Å². The Labute approximate surface area is 183 Å². The van der Waals surface area contributed by atoms with Gasteiger partial charge in [0.25, 0.3) is 11.8 Å². The fourth-order valence-corrected chi connectivity index (χ4v) is 4.64. The minimum atomic E-state index is -0.389. The van der Waals surface area contributed by atoms with E-state index in [-0.39, 0.29) is 29.1 Å². The Bertz CT molecular complexity index is 785. The van der Waals surface area contributed by atoms with Crippen molar-refractivity contribution in [1.82, 2.24) is 20.0 Å². The number of aryl methyl sites for hydroxylation is 1. The molecule has 0 bridgehead atoms. The Morgan fingerprint density at radius 2 is 2.06 bits per heavy atom. The van der Waals surface area contributed by atoms with Crippen LogP contribution >= 0.6 is 0 Å². The first-order valence-corrected chi connectivity index (χ1v) is 11.3. The highest BCUT2D eigenvalue weighted by atomic mass is 16.5. The largest absolute Gasteiger partial charge is 0.385 e. The standard InChI is InChI=1S/C22H34N4O5/c1-25(20(28)18-4-5-22(31-18)8-12-30-13-9-22)16-21(6-7-21)24-19(27)17-14-23-26(15-17)10-3-11-29-2/h14-15,18H,3-13,16H2,1-2H3,(H,24,27). The number of hydrogen-bond donors (Lipinski definition) is 1. The van der Waals surface area contributed by atoms with E-state index in [0.717, 1.165) is 44.9 Å². The maximum atomic E-state index is 13.0. The van der Waals surface area contributed by atoms with Gasteiger partial charge in [-0.1, -0.05) is 0 Å². The van der Waals surface area contributed by atoms with E-state index in [2.05, 4.69) is 10.4 Å². The molecule has 1 aromatic heterocycles. The summed E-state index contributed by atoms with van der Waals surface area (Å²) in [6.45, 7) is 3.27. The molecule has 4 rings (SSSR count). The Kier molecular flexibility index (Phi) is 6.64. The lowest BCUT2D eigenvalue weighted by Crippen LogP contribution is -2.49. The van der Waals surface area contributed by atoms with E-state index in [1.807, 2.05) is 0 Å². The van der Waals surface area contributed by atoms with Gasteiger partial charge in [0.15, 0.2) is 0 Å². The van der Waals surface area contributed by atoms with E-state index in [1.54, 1.807) is 36.1 Å². The number of carbonyl (C=O) groups is 2. The van der Waals surface area contributed by atoms with Gasteiger partial charge in [0, 0.05) is 53.3 Å². The van der Waals surface area contributed by atoms with Crippen LogP contribution < -0.4 is 5.32 Å². The van der Waals surface area contributed by atoms with Gasteiger partial charge in [-0.05, 0) is 44.9 Å². The smallest absolute Gasteiger partial charge is 0.254 e. The van der Waals surface area contributed by atoms with E-state index in [9.17, 15) is 9.59 Å². The molecule has 9 heteroatoms. The quantitative estimate of drug-likeness (QED) is 0.590. The van der Waals surface area contributed by atoms with Crippen LogP contribution in [0.25, 0.3) is 0 Å². The third-order valence-electron chi connectivity index (χ3n) is 6.71. The predicted octanol–water partition coefficient (Wildman–Crippen LogP) is 1.37. The Morgan fingerprint density at radius 3 is 2.77 bits per heavy atom. The molecule has 1 unspecified atom stereocenters. The summed E-state index contributed by atoms with van der Waals surface area (Å²) >= 11 is 0. The molecule has 1 aliphatic carbocycles. The number of amides is 2. The van der Waals surface area contributed by atoms with Crippen LogP contribution in [0.1, 0.15) is 55.3 Å². The van der Waals surface area contributed by atoms with Gasteiger partial charge in [-0.15, -0.1) is 0 Å². The van der Waals surface area contributed by atoms with E-state index in [0.29, 0.717) is 38.5 Å². The van der Waals surface area contributed by atoms with E-state index >= 15 is 0 Å². The highest BCUT2D eigenvalue weighted by Gasteiger charge is 2.48. The van der Waals surface area contributed by atoms with Crippen LogP contribution in [0.4, 0.5) is 0 Å². The van der Waals surface area contributed by atoms with Crippen molar-refractivity contribution >= 4 is 11.8 Å². The van der Waals surface area contributed by atoms with Gasteiger partial charge in [0.05, 0.1) is 22.9 Å². The van der Waals surface area contributed by atoms with Gasteiger partial charge in [-0.3, -0.25) is 14.3 Å². The lowest BCUT2D eigenvalue weighted by molar-refractivity contribution is -0.153. The van der Waals surface area contributed by atoms with E-state index in [4.69, 9.17) is 14.2 Å². The van der Waals surface area contributed by atoms with Crippen LogP contribution in [0.2, 0.25) is 0 Å². The zero-order chi connectivity index (χ0) is 21.9. The highest BCUT2D eigenvalue weighted by Crippen LogP contribution is 2.40. The number of nitrogens with zero attached hydrogens (tertiary/aromatic N) is 3. The van der Waals surface area contributed by atoms with Gasteiger partial charge in [-0.25, -0.2) is 0 Å². The molecule has 31 heavy (non-hydrogen) atoms. The van der Waals surface area contributed by atoms with Gasteiger partial charge in [0.2, 0.25) is 0 Å². The summed E-state index contributed by atoms with van der Waals surface area (Å²) in [5.41, 5.74) is 0.00129. The third-order valence-corrected chi connectivity index (χ3v) is 6.71. The molecule has 0 aromatic carbocycles. The second-order valence-electron chi connectivity index (χ2n) is 9.21. The number of hydrogen-bond acceptors (Lipinski definition) is 6. The van der Waals surface area contributed by atoms with E-state index in [1.165, 1.54) is 0 Å². The summed E-state index contributed by atoms with van der Waals surface area (Å²) in [5, 5.41) is 7.38. The monoisotopic (exact) mass is 434 g/mol. The summed E-state index contributed by atoms with van der Waals surface area (Å²) < 4.78 is 18.5. The average molecular weight is 435 g/mol. The van der Waals surface area contributed by atoms with E-state index < -0.39 is 0 Å². The average Bonchev–Trinajstić information content (AvgIpc) is 3.15. The number of carbonyl (C=O) groups excluding carboxylic acids is 2. The number of methoxy groups -OCH3 is 1. The lowest BCUT2D eigenvalue weighted by Gasteiger charge is -2.33. The molecular formula is C22H34N4O5. The van der Waals surface area contributed by atoms with Crippen molar-refractivity contribution in [2.24, 2.45) is 0 Å². The number of rotatable bonds is 9. The minimum Gasteiger partial charge on any atom is -0.385 e. The normalized spacial score (nSPS) is 23.6. The summed E-state index contributed by atoms with van der Waals surface area (Å²) in [5.74, 6) is -0.135. The van der Waals surface area contributed by atoms with Crippen molar-refractivity contribution in [3.63, 3.8) is 0 Å². The molecule has 1 aromatic rings. The van der Waals surface area contributed by atoms with Crippen molar-refractivity contribution in [1.29, 1.82) is 0 Å². The van der Waals surface area contributed by atoms with Gasteiger partial charge in [-0.2, -0.15) is 5.10 Å². The molecule has 172 valence electrons. The van der Waals surface area contributed by atoms with Crippen LogP contribution in [0.5, 0.6) is 0 Å². The van der Waals surface area contributed by atoms with Crippen molar-refractivity contribution in [2.45, 2.75) is 68.7 Å². The summed E-state index contributed by atoms with van der Waals surface area (Å²) in [7, 11) is 3.47. The van der Waals surface area contributed by atoms with Gasteiger partial charge < -0.3 is 24.4 Å². The first-order chi connectivity index (χ1) is 14.9. The molecule has 1 atom stereocenters. The molecule has 3 heterocycles. The molecule has 9 nitrogen and oxygen atoms in total. The van der Waals surface area contributed by atoms with Gasteiger partial charge >= 0.3 is 0 Å². The molecule has 1 spiro atoms. The molecule has 3 fully saturated rings. The maximum absolute atomic E-state index is 13.0. The summed E-state index contributed by atoms with van der Waals surface area (Å²) in [4.78, 5) is 27.4.